The molecule has 1 aliphatic carbocycles. The predicted molar refractivity (Wildman–Crippen MR) is 166 cm³/mol. The number of nitriles is 1. The number of para-hydroxylation sites is 2. The fourth-order valence-corrected chi connectivity index (χ4v) is 7.51. The highest BCUT2D eigenvalue weighted by Crippen LogP contribution is 2.52. The molecule has 1 amide bonds. The summed E-state index contributed by atoms with van der Waals surface area (Å²) in [6.07, 6.45) is 0.783. The molecule has 0 radical (unpaired) electrons. The number of hydrogen-bond donors (Lipinski definition) is 2. The van der Waals surface area contributed by atoms with Gasteiger partial charge in [-0.3, -0.25) is 14.5 Å². The molecule has 0 spiro atoms. The average Bonchev–Trinajstić information content (AvgIpc) is 3.39. The van der Waals surface area contributed by atoms with Crippen molar-refractivity contribution in [1.29, 1.82) is 5.26 Å². The van der Waals surface area contributed by atoms with Gasteiger partial charge in [-0.2, -0.15) is 5.26 Å². The fourth-order valence-electron chi connectivity index (χ4n) is 5.22. The zero-order chi connectivity index (χ0) is 30.2. The van der Waals surface area contributed by atoms with E-state index in [0.717, 1.165) is 0 Å². The summed E-state index contributed by atoms with van der Waals surface area (Å²) in [6.45, 7) is 4.01. The number of amides is 1. The maximum absolute atomic E-state index is 13.7. The molecule has 2 heterocycles. The van der Waals surface area contributed by atoms with Gasteiger partial charge in [-0.05, 0) is 36.1 Å². The Morgan fingerprint density at radius 2 is 1.93 bits per heavy atom. The highest BCUT2D eigenvalue weighted by atomic mass is 35.5. The van der Waals surface area contributed by atoms with Crippen molar-refractivity contribution in [3.8, 4) is 11.8 Å². The standard InChI is InChI=1S/C29H26Cl2N6O3S2/c1-29(2)11-19-25(20(38)12-29)23(24-16(30)7-6-8-17(24)31)15(13-32)26(33)37(19)27-35-36-28(42-27)41-14-22(39)34-18-9-4-5-10-21(18)40-3/h4-10,23H,11-12,14,33H2,1-3H3,(H,34,39). The number of carbonyl (C=O) groups excluding carboxylic acids is 2. The minimum Gasteiger partial charge on any atom is -0.495 e. The van der Waals surface area contributed by atoms with Gasteiger partial charge in [-0.25, -0.2) is 0 Å². The van der Waals surface area contributed by atoms with E-state index in [1.54, 1.807) is 41.3 Å². The molecule has 0 saturated heterocycles. The second kappa shape index (κ2) is 12.0. The van der Waals surface area contributed by atoms with Crippen LogP contribution in [0.5, 0.6) is 5.75 Å². The number of thioether (sulfide) groups is 1. The van der Waals surface area contributed by atoms with Crippen molar-refractivity contribution < 1.29 is 14.3 Å². The first-order valence-electron chi connectivity index (χ1n) is 12.8. The number of Topliss-reactive ketones (excluding diaryl/α,β-unsaturated/α-hetero) is 1. The molecule has 1 aromatic heterocycles. The number of nitrogens with two attached hydrogens (primary N) is 1. The number of benzene rings is 2. The summed E-state index contributed by atoms with van der Waals surface area (Å²) in [7, 11) is 1.54. The number of ketones is 1. The Kier molecular flexibility index (Phi) is 8.53. The van der Waals surface area contributed by atoms with Crippen molar-refractivity contribution in [2.24, 2.45) is 11.1 Å². The van der Waals surface area contributed by atoms with Gasteiger partial charge in [-0.15, -0.1) is 10.2 Å². The van der Waals surface area contributed by atoms with Gasteiger partial charge in [0.1, 0.15) is 11.6 Å². The minimum absolute atomic E-state index is 0.0774. The molecule has 9 nitrogen and oxygen atoms in total. The van der Waals surface area contributed by atoms with E-state index in [1.807, 2.05) is 19.9 Å². The lowest BCUT2D eigenvalue weighted by atomic mass is 9.68. The van der Waals surface area contributed by atoms with Gasteiger partial charge in [0.2, 0.25) is 11.0 Å². The Hall–Kier alpha value is -3.56. The van der Waals surface area contributed by atoms with E-state index in [0.29, 0.717) is 54.2 Å². The lowest BCUT2D eigenvalue weighted by Crippen LogP contribution is -2.42. The predicted octanol–water partition coefficient (Wildman–Crippen LogP) is 6.53. The molecule has 5 rings (SSSR count). The summed E-state index contributed by atoms with van der Waals surface area (Å²) in [5.74, 6) is -0.404. The molecule has 216 valence electrons. The molecule has 13 heteroatoms. The summed E-state index contributed by atoms with van der Waals surface area (Å²) in [4.78, 5) is 28.0. The Balaban J connectivity index is 1.49. The normalized spacial score (nSPS) is 18.0. The molecule has 1 aliphatic heterocycles. The number of allylic oxidation sites excluding steroid dienone is 3. The van der Waals surface area contributed by atoms with E-state index in [-0.39, 0.29) is 40.7 Å². The Bertz CT molecular complexity index is 1670. The molecule has 2 aromatic carbocycles. The van der Waals surface area contributed by atoms with Gasteiger partial charge in [0.15, 0.2) is 10.1 Å². The zero-order valence-corrected chi connectivity index (χ0v) is 26.0. The highest BCUT2D eigenvalue weighted by molar-refractivity contribution is 8.01. The van der Waals surface area contributed by atoms with Crippen molar-refractivity contribution in [3.05, 3.63) is 80.7 Å². The highest BCUT2D eigenvalue weighted by Gasteiger charge is 2.46. The molecule has 0 saturated carbocycles. The van der Waals surface area contributed by atoms with Crippen molar-refractivity contribution >= 4 is 68.8 Å². The number of rotatable bonds is 7. The smallest absolute Gasteiger partial charge is 0.234 e. The lowest BCUT2D eigenvalue weighted by molar-refractivity contribution is -0.118. The van der Waals surface area contributed by atoms with Crippen LogP contribution in [0.25, 0.3) is 0 Å². The van der Waals surface area contributed by atoms with Crippen LogP contribution in [0.2, 0.25) is 10.0 Å². The van der Waals surface area contributed by atoms with Crippen LogP contribution in [0.1, 0.15) is 38.2 Å². The average molecular weight is 642 g/mol. The van der Waals surface area contributed by atoms with Crippen LogP contribution >= 0.6 is 46.3 Å². The third-order valence-electron chi connectivity index (χ3n) is 6.96. The first-order chi connectivity index (χ1) is 20.0. The first kappa shape index (κ1) is 29.9. The van der Waals surface area contributed by atoms with E-state index in [2.05, 4.69) is 21.6 Å². The first-order valence-corrected chi connectivity index (χ1v) is 15.4. The number of anilines is 2. The molecule has 42 heavy (non-hydrogen) atoms. The van der Waals surface area contributed by atoms with Gasteiger partial charge in [-0.1, -0.05) is 78.3 Å². The molecule has 2 aliphatic rings. The van der Waals surface area contributed by atoms with Gasteiger partial charge < -0.3 is 15.8 Å². The van der Waals surface area contributed by atoms with Crippen molar-refractivity contribution in [3.63, 3.8) is 0 Å². The molecule has 0 fully saturated rings. The summed E-state index contributed by atoms with van der Waals surface area (Å²) in [5, 5.41) is 22.8. The van der Waals surface area contributed by atoms with E-state index in [1.165, 1.54) is 30.2 Å². The monoisotopic (exact) mass is 640 g/mol. The van der Waals surface area contributed by atoms with Gasteiger partial charge in [0.05, 0.1) is 36.1 Å². The molecule has 0 bridgehead atoms. The van der Waals surface area contributed by atoms with Crippen LogP contribution in [0, 0.1) is 16.7 Å². The van der Waals surface area contributed by atoms with Crippen LogP contribution in [0.15, 0.2) is 69.5 Å². The van der Waals surface area contributed by atoms with Crippen LogP contribution < -0.4 is 20.7 Å². The second-order valence-corrected chi connectivity index (χ2v) is 13.5. The maximum Gasteiger partial charge on any atom is 0.234 e. The molecular formula is C29H26Cl2N6O3S2. The van der Waals surface area contributed by atoms with E-state index in [9.17, 15) is 14.9 Å². The maximum atomic E-state index is 13.7. The van der Waals surface area contributed by atoms with Crippen LogP contribution in [0.4, 0.5) is 10.8 Å². The number of aromatic nitrogens is 2. The third-order valence-corrected chi connectivity index (χ3v) is 9.67. The quantitative estimate of drug-likeness (QED) is 0.276. The Morgan fingerprint density at radius 3 is 2.62 bits per heavy atom. The van der Waals surface area contributed by atoms with E-state index < -0.39 is 5.92 Å². The number of carbonyl (C=O) groups is 2. The topological polar surface area (TPSA) is 134 Å². The van der Waals surface area contributed by atoms with Gasteiger partial charge in [0.25, 0.3) is 0 Å². The van der Waals surface area contributed by atoms with E-state index >= 15 is 0 Å². The van der Waals surface area contributed by atoms with Gasteiger partial charge in [0, 0.05) is 33.3 Å². The zero-order valence-electron chi connectivity index (χ0n) is 22.9. The number of ether oxygens (including phenoxy) is 1. The summed E-state index contributed by atoms with van der Waals surface area (Å²) in [6, 6.07) is 14.4. The summed E-state index contributed by atoms with van der Waals surface area (Å²) >= 11 is 15.6. The summed E-state index contributed by atoms with van der Waals surface area (Å²) in [5.41, 5.74) is 8.56. The molecule has 3 aromatic rings. The molecule has 1 unspecified atom stereocenters. The molecular weight excluding hydrogens is 615 g/mol. The van der Waals surface area contributed by atoms with Crippen molar-refractivity contribution in [2.75, 3.05) is 23.1 Å². The Morgan fingerprint density at radius 1 is 1.21 bits per heavy atom. The number of nitrogens with one attached hydrogen (secondary N) is 1. The second-order valence-electron chi connectivity index (χ2n) is 10.5. The summed E-state index contributed by atoms with van der Waals surface area (Å²) < 4.78 is 5.81. The Labute approximate surface area is 261 Å². The van der Waals surface area contributed by atoms with Gasteiger partial charge >= 0.3 is 0 Å². The van der Waals surface area contributed by atoms with Crippen molar-refractivity contribution in [2.45, 2.75) is 36.9 Å². The van der Waals surface area contributed by atoms with Crippen LogP contribution in [-0.2, 0) is 9.59 Å². The van der Waals surface area contributed by atoms with Crippen molar-refractivity contribution in [1.82, 2.24) is 10.2 Å². The van der Waals surface area contributed by atoms with E-state index in [4.69, 9.17) is 33.7 Å². The number of nitrogens with zero attached hydrogens (tertiary/aromatic N) is 4. The van der Waals surface area contributed by atoms with Crippen LogP contribution in [-0.4, -0.2) is 34.8 Å². The fraction of sp³-hybridized carbons (Fsp3) is 0.276. The third kappa shape index (κ3) is 5.72. The minimum atomic E-state index is -0.813. The largest absolute Gasteiger partial charge is 0.495 e. The number of methoxy groups -OCH3 is 1. The number of halogens is 2. The lowest BCUT2D eigenvalue weighted by Gasteiger charge is -2.42. The SMILES string of the molecule is COc1ccccc1NC(=O)CSc1nnc(N2C(N)=C(C#N)C(c3c(Cl)cccc3Cl)C3=C2CC(C)(C)CC3=O)s1. The number of hydrogen-bond acceptors (Lipinski definition) is 10. The molecule has 1 atom stereocenters. The van der Waals surface area contributed by atoms with Crippen LogP contribution in [0.3, 0.4) is 0 Å². The molecule has 3 N–H and O–H groups in total.